The Hall–Kier alpha value is -6.78. The summed E-state index contributed by atoms with van der Waals surface area (Å²) >= 11 is 0. The molecule has 0 aliphatic rings. The van der Waals surface area contributed by atoms with Crippen molar-refractivity contribution in [3.63, 3.8) is 0 Å². The number of hydrogen-bond donors (Lipinski definition) is 0. The summed E-state index contributed by atoms with van der Waals surface area (Å²) in [7, 11) is 0. The first-order valence-electron chi connectivity index (χ1n) is 16.8. The minimum atomic E-state index is 0.621. The molecule has 0 radical (unpaired) electrons. The summed E-state index contributed by atoms with van der Waals surface area (Å²) < 4.78 is 9.33. The van der Waals surface area contributed by atoms with Crippen LogP contribution in [0, 0.1) is 0 Å². The molecule has 7 aromatic carbocycles. The van der Waals surface area contributed by atoms with Crippen molar-refractivity contribution in [2.45, 2.75) is 0 Å². The molecule has 4 nitrogen and oxygen atoms in total. The van der Waals surface area contributed by atoms with Gasteiger partial charge in [0.25, 0.3) is 0 Å². The summed E-state index contributed by atoms with van der Waals surface area (Å²) in [6.07, 6.45) is 0. The predicted molar refractivity (Wildman–Crippen MR) is 205 cm³/mol. The maximum Gasteiger partial charge on any atom is 0.164 e. The molecule has 4 heteroatoms. The molecule has 3 heterocycles. The van der Waals surface area contributed by atoms with Gasteiger partial charge in [0.1, 0.15) is 5.58 Å². The molecule has 0 atom stereocenters. The van der Waals surface area contributed by atoms with Crippen LogP contribution in [0.3, 0.4) is 0 Å². The van der Waals surface area contributed by atoms with Crippen LogP contribution in [0.1, 0.15) is 0 Å². The van der Waals surface area contributed by atoms with Crippen molar-refractivity contribution in [1.29, 1.82) is 0 Å². The summed E-state index contributed by atoms with van der Waals surface area (Å²) in [6.45, 7) is 0. The molecule has 3 aromatic heterocycles. The zero-order valence-corrected chi connectivity index (χ0v) is 27.0. The van der Waals surface area contributed by atoms with Crippen LogP contribution in [0.4, 0.5) is 0 Å². The van der Waals surface area contributed by atoms with Gasteiger partial charge < -0.3 is 8.98 Å². The van der Waals surface area contributed by atoms with E-state index in [9.17, 15) is 0 Å². The Morgan fingerprint density at radius 1 is 0.400 bits per heavy atom. The molecule has 0 spiro atoms. The number of aromatic nitrogens is 3. The molecule has 10 rings (SSSR count). The fourth-order valence-corrected chi connectivity index (χ4v) is 7.29. The van der Waals surface area contributed by atoms with Gasteiger partial charge in [0.15, 0.2) is 11.4 Å². The average molecular weight is 640 g/mol. The largest absolute Gasteiger partial charge is 0.453 e. The Morgan fingerprint density at radius 2 is 0.980 bits per heavy atom. The van der Waals surface area contributed by atoms with Gasteiger partial charge in [-0.3, -0.25) is 0 Å². The fraction of sp³-hybridized carbons (Fsp3) is 0. The molecular formula is C46H29N3O. The Morgan fingerprint density at radius 3 is 1.78 bits per heavy atom. The van der Waals surface area contributed by atoms with Gasteiger partial charge in [-0.1, -0.05) is 133 Å². The van der Waals surface area contributed by atoms with Crippen molar-refractivity contribution < 1.29 is 4.42 Å². The van der Waals surface area contributed by atoms with E-state index in [1.54, 1.807) is 0 Å². The molecule has 0 N–H and O–H groups in total. The monoisotopic (exact) mass is 639 g/mol. The van der Waals surface area contributed by atoms with Gasteiger partial charge in [0.05, 0.1) is 28.0 Å². The highest BCUT2D eigenvalue weighted by molar-refractivity contribution is 6.22. The van der Waals surface area contributed by atoms with Crippen molar-refractivity contribution in [1.82, 2.24) is 14.5 Å². The van der Waals surface area contributed by atoms with E-state index in [0.29, 0.717) is 5.82 Å². The number of furan rings is 1. The molecule has 0 bridgehead atoms. The van der Waals surface area contributed by atoms with Crippen LogP contribution < -0.4 is 0 Å². The molecule has 0 saturated carbocycles. The third-order valence-corrected chi connectivity index (χ3v) is 9.62. The summed E-state index contributed by atoms with van der Waals surface area (Å²) in [5, 5.41) is 4.44. The summed E-state index contributed by atoms with van der Waals surface area (Å²) in [5.41, 5.74) is 11.8. The summed E-state index contributed by atoms with van der Waals surface area (Å²) in [6, 6.07) is 61.2. The van der Waals surface area contributed by atoms with Crippen molar-refractivity contribution in [3.05, 3.63) is 176 Å². The van der Waals surface area contributed by atoms with Crippen molar-refractivity contribution in [3.8, 4) is 50.7 Å². The van der Waals surface area contributed by atoms with Gasteiger partial charge in [-0.25, -0.2) is 9.97 Å². The Bertz CT molecular complexity index is 2850. The van der Waals surface area contributed by atoms with Crippen molar-refractivity contribution in [2.75, 3.05) is 0 Å². The predicted octanol–water partition coefficient (Wildman–Crippen LogP) is 12.1. The Labute approximate surface area is 288 Å². The number of rotatable bonds is 5. The van der Waals surface area contributed by atoms with Crippen LogP contribution >= 0.6 is 0 Å². The summed E-state index contributed by atoms with van der Waals surface area (Å²) in [5.74, 6) is 0.621. The highest BCUT2D eigenvalue weighted by atomic mass is 16.3. The number of fused-ring (bicyclic) bond motifs is 7. The molecule has 0 amide bonds. The maximum absolute atomic E-state index is 7.01. The molecular weight excluding hydrogens is 611 g/mol. The van der Waals surface area contributed by atoms with Crippen molar-refractivity contribution in [2.24, 2.45) is 0 Å². The molecule has 0 saturated heterocycles. The van der Waals surface area contributed by atoms with Gasteiger partial charge >= 0.3 is 0 Å². The van der Waals surface area contributed by atoms with E-state index in [2.05, 4.69) is 156 Å². The molecule has 234 valence electrons. The Balaban J connectivity index is 1.23. The van der Waals surface area contributed by atoms with Crippen LogP contribution in [0.25, 0.3) is 94.5 Å². The number of benzene rings is 7. The van der Waals surface area contributed by atoms with E-state index in [-0.39, 0.29) is 0 Å². The van der Waals surface area contributed by atoms with E-state index >= 15 is 0 Å². The lowest BCUT2D eigenvalue weighted by Gasteiger charge is -2.11. The van der Waals surface area contributed by atoms with Crippen LogP contribution in [-0.2, 0) is 0 Å². The number of para-hydroxylation sites is 3. The smallest absolute Gasteiger partial charge is 0.164 e. The fourth-order valence-electron chi connectivity index (χ4n) is 7.29. The van der Waals surface area contributed by atoms with Crippen LogP contribution in [-0.4, -0.2) is 14.5 Å². The maximum atomic E-state index is 7.01. The van der Waals surface area contributed by atoms with Gasteiger partial charge in [0.2, 0.25) is 0 Å². The van der Waals surface area contributed by atoms with E-state index in [1.165, 1.54) is 5.39 Å². The van der Waals surface area contributed by atoms with Crippen LogP contribution in [0.2, 0.25) is 0 Å². The second-order valence-electron chi connectivity index (χ2n) is 12.6. The first-order chi connectivity index (χ1) is 24.8. The van der Waals surface area contributed by atoms with Gasteiger partial charge in [-0.15, -0.1) is 0 Å². The lowest BCUT2D eigenvalue weighted by Crippen LogP contribution is -1.96. The highest BCUT2D eigenvalue weighted by Crippen LogP contribution is 2.42. The van der Waals surface area contributed by atoms with Crippen LogP contribution in [0.5, 0.6) is 0 Å². The number of nitrogens with zero attached hydrogens (tertiary/aromatic N) is 3. The molecule has 0 aliphatic heterocycles. The SMILES string of the molecule is c1ccc(-c2cccc(-c3cc(-c4ccccc4)nc(-c4cccc5c4oc4c5ccc5c6ccccc6n(-c6ccccc6)c54)n3)c2)cc1. The first kappa shape index (κ1) is 28.3. The second kappa shape index (κ2) is 11.4. The minimum absolute atomic E-state index is 0.621. The molecule has 10 aromatic rings. The molecule has 0 fully saturated rings. The normalized spacial score (nSPS) is 11.6. The zero-order chi connectivity index (χ0) is 33.0. The summed E-state index contributed by atoms with van der Waals surface area (Å²) in [4.78, 5) is 10.4. The van der Waals surface area contributed by atoms with Crippen LogP contribution in [0.15, 0.2) is 180 Å². The average Bonchev–Trinajstić information content (AvgIpc) is 3.75. The topological polar surface area (TPSA) is 43.9 Å². The standard InChI is InChI=1S/C46H29N3O/c1-4-14-30(15-5-1)32-18-12-19-33(28-32)41-29-40(31-16-6-2-7-17-31)47-46(48-41)39-24-13-23-37-38-27-26-36-35-22-10-11-25-42(35)49(34-20-8-3-9-21-34)43(36)45(38)50-44(37)39/h1-29H. The first-order valence-corrected chi connectivity index (χ1v) is 16.8. The second-order valence-corrected chi connectivity index (χ2v) is 12.6. The molecule has 50 heavy (non-hydrogen) atoms. The third kappa shape index (κ3) is 4.54. The molecule has 0 aliphatic carbocycles. The lowest BCUT2D eigenvalue weighted by molar-refractivity contribution is 0.671. The van der Waals surface area contributed by atoms with Gasteiger partial charge in [0, 0.05) is 38.4 Å². The quantitative estimate of drug-likeness (QED) is 0.188. The van der Waals surface area contributed by atoms with E-state index < -0.39 is 0 Å². The van der Waals surface area contributed by atoms with E-state index in [4.69, 9.17) is 14.4 Å². The number of hydrogen-bond acceptors (Lipinski definition) is 3. The van der Waals surface area contributed by atoms with E-state index in [0.717, 1.165) is 83.3 Å². The van der Waals surface area contributed by atoms with Gasteiger partial charge in [-0.05, 0) is 53.6 Å². The zero-order valence-electron chi connectivity index (χ0n) is 27.0. The Kier molecular flexibility index (Phi) is 6.46. The molecule has 0 unspecified atom stereocenters. The minimum Gasteiger partial charge on any atom is -0.453 e. The lowest BCUT2D eigenvalue weighted by atomic mass is 10.0. The van der Waals surface area contributed by atoms with Crippen molar-refractivity contribution >= 4 is 43.7 Å². The highest BCUT2D eigenvalue weighted by Gasteiger charge is 2.21. The van der Waals surface area contributed by atoms with Gasteiger partial charge in [-0.2, -0.15) is 0 Å². The third-order valence-electron chi connectivity index (χ3n) is 9.62. The van der Waals surface area contributed by atoms with E-state index in [1.807, 2.05) is 24.3 Å².